The quantitative estimate of drug-likeness (QED) is 0.0714. The molecule has 0 fully saturated rings. The molecule has 52 heavy (non-hydrogen) atoms. The van der Waals surface area contributed by atoms with Gasteiger partial charge < -0.3 is 34.4 Å². The number of hydrogen-bond acceptors (Lipinski definition) is 7. The first-order valence-electron chi connectivity index (χ1n) is 16.8. The Morgan fingerprint density at radius 1 is 0.365 bits per heavy atom. The molecule has 250 valence electrons. The molecule has 0 bridgehead atoms. The van der Waals surface area contributed by atoms with Gasteiger partial charge in [-0.05, 0) is 92.2 Å². The lowest BCUT2D eigenvalue weighted by molar-refractivity contribution is 0.330. The zero-order chi connectivity index (χ0) is 35.4. The second-order valence-corrected chi connectivity index (χ2v) is 13.2. The Morgan fingerprint density at radius 3 is 1.54 bits per heavy atom. The third kappa shape index (κ3) is 3.96. The Balaban J connectivity index is 1.42. The van der Waals surface area contributed by atoms with Gasteiger partial charge in [0.1, 0.15) is 22.3 Å². The van der Waals surface area contributed by atoms with Crippen molar-refractivity contribution in [3.8, 4) is 62.1 Å². The van der Waals surface area contributed by atoms with Crippen molar-refractivity contribution in [3.63, 3.8) is 0 Å². The zero-order valence-electron chi connectivity index (χ0n) is 27.6. The lowest BCUT2D eigenvalue weighted by atomic mass is 9.83. The predicted octanol–water partition coefficient (Wildman–Crippen LogP) is 11.6. The van der Waals surface area contributed by atoms with Crippen LogP contribution in [0.1, 0.15) is 5.56 Å². The van der Waals surface area contributed by atoms with Gasteiger partial charge in [0.25, 0.3) is 0 Å². The molecule has 0 amide bonds. The van der Waals surface area contributed by atoms with Gasteiger partial charge in [-0.15, -0.1) is 0 Å². The molecule has 0 radical (unpaired) electrons. The molecule has 0 aliphatic heterocycles. The Kier molecular flexibility index (Phi) is 6.12. The van der Waals surface area contributed by atoms with Crippen LogP contribution in [0.5, 0.6) is 28.7 Å². The molecule has 10 aromatic rings. The van der Waals surface area contributed by atoms with E-state index in [9.17, 15) is 25.5 Å². The molecule has 10 rings (SSSR count). The first kappa shape index (κ1) is 29.8. The maximum atomic E-state index is 11.0. The summed E-state index contributed by atoms with van der Waals surface area (Å²) >= 11 is 0. The molecule has 0 unspecified atom stereocenters. The molecular formula is C45H28O7. The summed E-state index contributed by atoms with van der Waals surface area (Å²) in [6.45, 7) is 2.08. The lowest BCUT2D eigenvalue weighted by Crippen LogP contribution is -1.93. The largest absolute Gasteiger partial charge is 0.504 e. The molecule has 2 heterocycles. The summed E-state index contributed by atoms with van der Waals surface area (Å²) in [5, 5.41) is 60.9. The molecule has 7 nitrogen and oxygen atoms in total. The molecule has 0 spiro atoms. The smallest absolute Gasteiger partial charge is 0.208 e. The molecular weight excluding hydrogens is 652 g/mol. The van der Waals surface area contributed by atoms with Gasteiger partial charge in [0.15, 0.2) is 11.5 Å². The van der Waals surface area contributed by atoms with E-state index in [1.165, 1.54) is 0 Å². The standard InChI is InChI=1S/C45H28O7/c1-22-9-6-16-32-35(22)40-29(14-8-18-34(40)52-32)37-24-10-2-3-11-25(24)38(28-13-7-17-33-39(28)27-12-4-5-15-31(27)51-33)30-21-23(19-20-26(30)37)36-41(46)43(48)45(50)44(49)42(36)47/h2-21,46-50H,1H3. The molecule has 0 saturated carbocycles. The number of fused-ring (bicyclic) bond motifs is 8. The van der Waals surface area contributed by atoms with Gasteiger partial charge in [0.05, 0.1) is 5.56 Å². The average Bonchev–Trinajstić information content (AvgIpc) is 3.75. The Morgan fingerprint density at radius 2 is 0.846 bits per heavy atom. The molecule has 5 N–H and O–H groups in total. The molecule has 0 saturated heterocycles. The van der Waals surface area contributed by atoms with Crippen LogP contribution in [0.3, 0.4) is 0 Å². The topological polar surface area (TPSA) is 127 Å². The average molecular weight is 681 g/mol. The Hall–Kier alpha value is -7.12. The Bertz CT molecular complexity index is 3120. The van der Waals surface area contributed by atoms with Crippen LogP contribution in [0, 0.1) is 6.92 Å². The number of hydrogen-bond donors (Lipinski definition) is 5. The van der Waals surface area contributed by atoms with E-state index in [0.717, 1.165) is 93.2 Å². The van der Waals surface area contributed by atoms with E-state index in [2.05, 4.69) is 37.3 Å². The van der Waals surface area contributed by atoms with Crippen LogP contribution >= 0.6 is 0 Å². The van der Waals surface area contributed by atoms with Crippen LogP contribution in [0.2, 0.25) is 0 Å². The fourth-order valence-corrected chi connectivity index (χ4v) is 8.10. The minimum absolute atomic E-state index is 0.221. The van der Waals surface area contributed by atoms with E-state index >= 15 is 0 Å². The fraction of sp³-hybridized carbons (Fsp3) is 0.0222. The highest BCUT2D eigenvalue weighted by Crippen LogP contribution is 2.56. The monoisotopic (exact) mass is 680 g/mol. The van der Waals surface area contributed by atoms with Crippen LogP contribution in [-0.2, 0) is 0 Å². The third-order valence-electron chi connectivity index (χ3n) is 10.4. The van der Waals surface area contributed by atoms with Crippen molar-refractivity contribution in [2.75, 3.05) is 0 Å². The second-order valence-electron chi connectivity index (χ2n) is 13.2. The predicted molar refractivity (Wildman–Crippen MR) is 205 cm³/mol. The van der Waals surface area contributed by atoms with Gasteiger partial charge in [0.2, 0.25) is 17.2 Å². The molecule has 7 heteroatoms. The summed E-state index contributed by atoms with van der Waals surface area (Å²) in [5.74, 6) is -4.41. The molecule has 0 atom stereocenters. The number of aromatic hydroxyl groups is 5. The van der Waals surface area contributed by atoms with E-state index in [1.807, 2.05) is 84.9 Å². The van der Waals surface area contributed by atoms with E-state index < -0.39 is 28.7 Å². The number of benzene rings is 8. The van der Waals surface area contributed by atoms with Crippen molar-refractivity contribution in [2.24, 2.45) is 0 Å². The summed E-state index contributed by atoms with van der Waals surface area (Å²) in [6.07, 6.45) is 0. The minimum Gasteiger partial charge on any atom is -0.504 e. The molecule has 0 aliphatic rings. The molecule has 2 aromatic heterocycles. The van der Waals surface area contributed by atoms with Crippen LogP contribution in [0.25, 0.3) is 98.8 Å². The van der Waals surface area contributed by atoms with Crippen molar-refractivity contribution in [2.45, 2.75) is 6.92 Å². The Labute approximate surface area is 295 Å². The van der Waals surface area contributed by atoms with Crippen LogP contribution < -0.4 is 0 Å². The normalized spacial score (nSPS) is 11.9. The van der Waals surface area contributed by atoms with Gasteiger partial charge in [-0.2, -0.15) is 0 Å². The van der Waals surface area contributed by atoms with Crippen molar-refractivity contribution >= 4 is 65.4 Å². The van der Waals surface area contributed by atoms with Crippen LogP contribution in [0.4, 0.5) is 0 Å². The number of phenolic OH excluding ortho intramolecular Hbond substituents is 5. The van der Waals surface area contributed by atoms with E-state index in [1.54, 1.807) is 6.07 Å². The van der Waals surface area contributed by atoms with Gasteiger partial charge in [-0.3, -0.25) is 0 Å². The van der Waals surface area contributed by atoms with Crippen molar-refractivity contribution in [1.82, 2.24) is 0 Å². The lowest BCUT2D eigenvalue weighted by Gasteiger charge is -2.20. The number of furan rings is 2. The highest BCUT2D eigenvalue weighted by atomic mass is 16.4. The number of aryl methyl sites for hydroxylation is 1. The fourth-order valence-electron chi connectivity index (χ4n) is 8.10. The van der Waals surface area contributed by atoms with Crippen molar-refractivity contribution in [1.29, 1.82) is 0 Å². The summed E-state index contributed by atoms with van der Waals surface area (Å²) in [7, 11) is 0. The van der Waals surface area contributed by atoms with Gasteiger partial charge >= 0.3 is 0 Å². The molecule has 8 aromatic carbocycles. The summed E-state index contributed by atoms with van der Waals surface area (Å²) in [4.78, 5) is 0. The molecule has 0 aliphatic carbocycles. The van der Waals surface area contributed by atoms with Gasteiger partial charge in [0, 0.05) is 21.5 Å². The van der Waals surface area contributed by atoms with Crippen LogP contribution in [0.15, 0.2) is 130 Å². The maximum absolute atomic E-state index is 11.0. The zero-order valence-corrected chi connectivity index (χ0v) is 27.6. The van der Waals surface area contributed by atoms with Gasteiger partial charge in [-0.25, -0.2) is 0 Å². The first-order valence-corrected chi connectivity index (χ1v) is 16.8. The van der Waals surface area contributed by atoms with E-state index in [0.29, 0.717) is 5.56 Å². The SMILES string of the molecule is Cc1cccc2oc3cccc(-c4c5ccccc5c(-c5cccc6oc7ccccc7c56)c5cc(-c6c(O)c(O)c(O)c(O)c6O)ccc45)c3c12. The summed E-state index contributed by atoms with van der Waals surface area (Å²) in [6, 6.07) is 39.8. The highest BCUT2D eigenvalue weighted by Gasteiger charge is 2.27. The van der Waals surface area contributed by atoms with E-state index in [4.69, 9.17) is 8.83 Å². The summed E-state index contributed by atoms with van der Waals surface area (Å²) < 4.78 is 12.7. The number of para-hydroxylation sites is 1. The maximum Gasteiger partial charge on any atom is 0.208 e. The minimum atomic E-state index is -1.01. The van der Waals surface area contributed by atoms with Gasteiger partial charge in [-0.1, -0.05) is 91.0 Å². The summed E-state index contributed by atoms with van der Waals surface area (Å²) in [5.41, 5.74) is 7.97. The second kappa shape index (κ2) is 10.7. The first-order chi connectivity index (χ1) is 25.3. The van der Waals surface area contributed by atoms with E-state index in [-0.39, 0.29) is 5.56 Å². The van der Waals surface area contributed by atoms with Crippen molar-refractivity contribution in [3.05, 3.63) is 127 Å². The number of rotatable bonds is 3. The van der Waals surface area contributed by atoms with Crippen molar-refractivity contribution < 1.29 is 34.4 Å². The van der Waals surface area contributed by atoms with Crippen LogP contribution in [-0.4, -0.2) is 25.5 Å². The number of phenols is 5. The highest BCUT2D eigenvalue weighted by molar-refractivity contribution is 6.28. The third-order valence-corrected chi connectivity index (χ3v) is 10.4.